The summed E-state index contributed by atoms with van der Waals surface area (Å²) < 4.78 is 11.1. The molecule has 170 valence electrons. The van der Waals surface area contributed by atoms with Crippen molar-refractivity contribution in [2.45, 2.75) is 24.7 Å². The van der Waals surface area contributed by atoms with Crippen molar-refractivity contribution < 1.29 is 14.3 Å². The van der Waals surface area contributed by atoms with Gasteiger partial charge in [0.25, 0.3) is 0 Å². The summed E-state index contributed by atoms with van der Waals surface area (Å²) in [6.07, 6.45) is 0.997. The Morgan fingerprint density at radius 1 is 1.09 bits per heavy atom. The van der Waals surface area contributed by atoms with Crippen LogP contribution in [0.15, 0.2) is 71.2 Å². The van der Waals surface area contributed by atoms with E-state index in [0.717, 1.165) is 11.3 Å². The standard InChI is InChI=1S/C26H28N4O3/c1-29(2)30-21-12-17(16-8-6-5-7-9-16)13-22(31)25(21)24(20(15-27)26(30)28)19-14-18(32-3)10-11-23(19)33-4/h5-11,14,17,24H,12-13,28H2,1-4H3/t17-,24+/m1/s1. The number of benzene rings is 2. The van der Waals surface area contributed by atoms with Crippen molar-refractivity contribution in [2.75, 3.05) is 28.3 Å². The monoisotopic (exact) mass is 444 g/mol. The number of hydrazine groups is 1. The number of Topliss-reactive ketones (excluding diaryl/α,β-unsaturated/α-hetero) is 1. The number of allylic oxidation sites excluding steroid dienone is 3. The molecule has 2 N–H and O–H groups in total. The topological polar surface area (TPSA) is 91.8 Å². The number of ketones is 1. The molecule has 0 amide bonds. The van der Waals surface area contributed by atoms with E-state index in [1.807, 2.05) is 43.4 Å². The van der Waals surface area contributed by atoms with Gasteiger partial charge in [-0.3, -0.25) is 9.80 Å². The number of rotatable bonds is 5. The molecule has 33 heavy (non-hydrogen) atoms. The highest BCUT2D eigenvalue weighted by Crippen LogP contribution is 2.50. The molecule has 0 fully saturated rings. The van der Waals surface area contributed by atoms with Gasteiger partial charge < -0.3 is 15.2 Å². The first kappa shape index (κ1) is 22.4. The van der Waals surface area contributed by atoms with Gasteiger partial charge in [-0.05, 0) is 36.1 Å². The largest absolute Gasteiger partial charge is 0.497 e. The molecule has 0 aromatic heterocycles. The quantitative estimate of drug-likeness (QED) is 0.752. The molecule has 7 nitrogen and oxygen atoms in total. The van der Waals surface area contributed by atoms with Crippen molar-refractivity contribution >= 4 is 5.78 Å². The number of hydrogen-bond donors (Lipinski definition) is 1. The van der Waals surface area contributed by atoms with Crippen LogP contribution in [-0.4, -0.2) is 44.1 Å². The lowest BCUT2D eigenvalue weighted by Gasteiger charge is -2.44. The normalized spacial score (nSPS) is 20.6. The molecule has 2 aliphatic rings. The van der Waals surface area contributed by atoms with Crippen LogP contribution < -0.4 is 15.2 Å². The third-order valence-electron chi connectivity index (χ3n) is 6.36. The number of nitriles is 1. The van der Waals surface area contributed by atoms with Gasteiger partial charge in [0.1, 0.15) is 17.3 Å². The van der Waals surface area contributed by atoms with Gasteiger partial charge in [0, 0.05) is 37.3 Å². The van der Waals surface area contributed by atoms with E-state index < -0.39 is 5.92 Å². The summed E-state index contributed by atoms with van der Waals surface area (Å²) in [7, 11) is 6.87. The van der Waals surface area contributed by atoms with E-state index in [0.29, 0.717) is 46.9 Å². The van der Waals surface area contributed by atoms with Crippen LogP contribution in [0.4, 0.5) is 0 Å². The maximum absolute atomic E-state index is 13.7. The Morgan fingerprint density at radius 3 is 2.42 bits per heavy atom. The zero-order valence-electron chi connectivity index (χ0n) is 19.3. The van der Waals surface area contributed by atoms with Crippen molar-refractivity contribution in [2.24, 2.45) is 5.73 Å². The number of hydrogen-bond acceptors (Lipinski definition) is 7. The van der Waals surface area contributed by atoms with E-state index in [-0.39, 0.29) is 11.7 Å². The van der Waals surface area contributed by atoms with Crippen LogP contribution in [0.25, 0.3) is 0 Å². The molecule has 2 aromatic carbocycles. The third-order valence-corrected chi connectivity index (χ3v) is 6.36. The minimum absolute atomic E-state index is 0.00655. The Balaban J connectivity index is 1.95. The van der Waals surface area contributed by atoms with Crippen LogP contribution in [-0.2, 0) is 4.79 Å². The van der Waals surface area contributed by atoms with Crippen molar-refractivity contribution in [1.29, 1.82) is 5.26 Å². The molecular formula is C26H28N4O3. The Bertz CT molecular complexity index is 1180. The highest BCUT2D eigenvalue weighted by atomic mass is 16.5. The van der Waals surface area contributed by atoms with Crippen molar-refractivity contribution in [3.8, 4) is 17.6 Å². The maximum atomic E-state index is 13.7. The van der Waals surface area contributed by atoms with Crippen molar-refractivity contribution in [3.05, 3.63) is 82.3 Å². The van der Waals surface area contributed by atoms with Crippen LogP contribution >= 0.6 is 0 Å². The van der Waals surface area contributed by atoms with Gasteiger partial charge in [0.2, 0.25) is 0 Å². The molecule has 2 atom stereocenters. The molecule has 1 aliphatic heterocycles. The lowest BCUT2D eigenvalue weighted by atomic mass is 9.72. The lowest BCUT2D eigenvalue weighted by Crippen LogP contribution is -2.46. The average Bonchev–Trinajstić information content (AvgIpc) is 2.82. The second kappa shape index (κ2) is 9.00. The summed E-state index contributed by atoms with van der Waals surface area (Å²) in [6, 6.07) is 17.7. The first-order chi connectivity index (χ1) is 15.9. The molecule has 0 radical (unpaired) electrons. The smallest absolute Gasteiger partial charge is 0.162 e. The minimum atomic E-state index is -0.629. The number of methoxy groups -OCH3 is 2. The van der Waals surface area contributed by atoms with Gasteiger partial charge in [0.15, 0.2) is 5.78 Å². The molecule has 1 aliphatic carbocycles. The van der Waals surface area contributed by atoms with Crippen molar-refractivity contribution in [3.63, 3.8) is 0 Å². The highest BCUT2D eigenvalue weighted by Gasteiger charge is 2.44. The zero-order chi connectivity index (χ0) is 23.7. The van der Waals surface area contributed by atoms with Gasteiger partial charge in [-0.25, -0.2) is 5.01 Å². The predicted octanol–water partition coefficient (Wildman–Crippen LogP) is 3.67. The summed E-state index contributed by atoms with van der Waals surface area (Å²) >= 11 is 0. The van der Waals surface area contributed by atoms with E-state index in [1.165, 1.54) is 0 Å². The number of nitrogens with zero attached hydrogens (tertiary/aromatic N) is 3. The molecule has 4 rings (SSSR count). The summed E-state index contributed by atoms with van der Waals surface area (Å²) in [6.45, 7) is 0. The number of carbonyl (C=O) groups is 1. The van der Waals surface area contributed by atoms with Gasteiger partial charge in [-0.1, -0.05) is 30.3 Å². The Labute approximate surface area is 194 Å². The SMILES string of the molecule is COc1ccc(OC)c([C@H]2C(C#N)=C(N)N(N(C)C)C3=C2C(=O)C[C@H](c2ccccc2)C3)c1. The van der Waals surface area contributed by atoms with E-state index in [1.54, 1.807) is 31.4 Å². The van der Waals surface area contributed by atoms with Crippen LogP contribution in [0, 0.1) is 11.3 Å². The second-order valence-corrected chi connectivity index (χ2v) is 8.41. The summed E-state index contributed by atoms with van der Waals surface area (Å²) in [5, 5.41) is 13.8. The van der Waals surface area contributed by atoms with Gasteiger partial charge >= 0.3 is 0 Å². The molecule has 7 heteroatoms. The summed E-state index contributed by atoms with van der Waals surface area (Å²) in [4.78, 5) is 13.7. The molecule has 2 aromatic rings. The van der Waals surface area contributed by atoms with E-state index in [4.69, 9.17) is 15.2 Å². The molecule has 0 saturated carbocycles. The third kappa shape index (κ3) is 3.83. The van der Waals surface area contributed by atoms with Gasteiger partial charge in [0.05, 0.1) is 31.8 Å². The molecule has 0 spiro atoms. The Morgan fingerprint density at radius 2 is 1.82 bits per heavy atom. The number of nitrogens with two attached hydrogens (primary N) is 1. The number of carbonyl (C=O) groups excluding carboxylic acids is 1. The second-order valence-electron chi connectivity index (χ2n) is 8.41. The van der Waals surface area contributed by atoms with Gasteiger partial charge in [-0.15, -0.1) is 0 Å². The highest BCUT2D eigenvalue weighted by molar-refractivity contribution is 6.00. The van der Waals surface area contributed by atoms with Gasteiger partial charge in [-0.2, -0.15) is 5.26 Å². The van der Waals surface area contributed by atoms with Crippen LogP contribution in [0.5, 0.6) is 11.5 Å². The van der Waals surface area contributed by atoms with Crippen LogP contribution in [0.3, 0.4) is 0 Å². The Hall–Kier alpha value is -3.76. The fourth-order valence-electron chi connectivity index (χ4n) is 4.91. The molecule has 0 bridgehead atoms. The fraction of sp³-hybridized carbons (Fsp3) is 0.308. The van der Waals surface area contributed by atoms with E-state index >= 15 is 0 Å². The molecular weight excluding hydrogens is 416 g/mol. The maximum Gasteiger partial charge on any atom is 0.162 e. The fourth-order valence-corrected chi connectivity index (χ4v) is 4.91. The average molecular weight is 445 g/mol. The first-order valence-electron chi connectivity index (χ1n) is 10.8. The molecule has 0 unspecified atom stereocenters. The summed E-state index contributed by atoms with van der Waals surface area (Å²) in [5.74, 6) is 0.915. The van der Waals surface area contributed by atoms with E-state index in [2.05, 4.69) is 18.2 Å². The predicted molar refractivity (Wildman–Crippen MR) is 125 cm³/mol. The Kier molecular flexibility index (Phi) is 6.12. The van der Waals surface area contributed by atoms with Crippen molar-refractivity contribution in [1.82, 2.24) is 10.0 Å². The minimum Gasteiger partial charge on any atom is -0.497 e. The van der Waals surface area contributed by atoms with Crippen LogP contribution in [0.1, 0.15) is 35.8 Å². The van der Waals surface area contributed by atoms with Crippen LogP contribution in [0.2, 0.25) is 0 Å². The zero-order valence-corrected chi connectivity index (χ0v) is 19.3. The van der Waals surface area contributed by atoms with E-state index in [9.17, 15) is 10.1 Å². The first-order valence-corrected chi connectivity index (χ1v) is 10.8. The summed E-state index contributed by atoms with van der Waals surface area (Å²) in [5.41, 5.74) is 10.1. The lowest BCUT2D eigenvalue weighted by molar-refractivity contribution is -0.117. The molecule has 0 saturated heterocycles. The number of ether oxygens (including phenoxy) is 2. The molecule has 1 heterocycles.